The van der Waals surface area contributed by atoms with Crippen molar-refractivity contribution in [3.8, 4) is 0 Å². The Balaban J connectivity index is 1.68. The Hall–Kier alpha value is -2.90. The van der Waals surface area contributed by atoms with E-state index in [1.165, 1.54) is 6.92 Å². The van der Waals surface area contributed by atoms with Crippen LogP contribution in [0.1, 0.15) is 12.6 Å². The molecule has 2 N–H and O–H groups in total. The summed E-state index contributed by atoms with van der Waals surface area (Å²) in [7, 11) is 0. The summed E-state index contributed by atoms with van der Waals surface area (Å²) < 4.78 is 5.18. The summed E-state index contributed by atoms with van der Waals surface area (Å²) in [6.45, 7) is 1.43. The standard InChI is InChI=1S/C19H15Cl2N3O4/c1-10(18(26)22-14-8-4-7-13(20)17(14)21)28-16(25)9-15-11-5-2-3-6-12(11)19(27)24-23-15/h2-8,10H,9H2,1H3,(H,22,26)(H,24,27)/t10-/m0/s1. The van der Waals surface area contributed by atoms with Crippen molar-refractivity contribution in [2.75, 3.05) is 5.32 Å². The Bertz CT molecular complexity index is 1110. The molecule has 3 rings (SSSR count). The maximum absolute atomic E-state index is 12.3. The largest absolute Gasteiger partial charge is 0.452 e. The molecule has 1 heterocycles. The van der Waals surface area contributed by atoms with Crippen LogP contribution in [0.25, 0.3) is 10.8 Å². The second-order valence-electron chi connectivity index (χ2n) is 5.94. The zero-order chi connectivity index (χ0) is 20.3. The molecule has 2 aromatic carbocycles. The van der Waals surface area contributed by atoms with Crippen molar-refractivity contribution in [2.24, 2.45) is 0 Å². The number of amides is 1. The number of nitrogens with one attached hydrogen (secondary N) is 2. The normalized spacial score (nSPS) is 11.8. The molecule has 9 heteroatoms. The number of ether oxygens (including phenoxy) is 1. The van der Waals surface area contributed by atoms with Gasteiger partial charge >= 0.3 is 5.97 Å². The molecule has 0 aliphatic heterocycles. The number of hydrogen-bond donors (Lipinski definition) is 2. The van der Waals surface area contributed by atoms with Crippen LogP contribution < -0.4 is 10.9 Å². The Kier molecular flexibility index (Phi) is 5.96. The molecule has 0 saturated carbocycles. The van der Waals surface area contributed by atoms with Gasteiger partial charge in [0, 0.05) is 5.39 Å². The summed E-state index contributed by atoms with van der Waals surface area (Å²) in [6, 6.07) is 11.6. The highest BCUT2D eigenvalue weighted by Crippen LogP contribution is 2.29. The lowest BCUT2D eigenvalue weighted by Crippen LogP contribution is -2.30. The number of anilines is 1. The average Bonchev–Trinajstić information content (AvgIpc) is 2.67. The number of carbonyl (C=O) groups excluding carboxylic acids is 2. The number of halogens is 2. The zero-order valence-corrected chi connectivity index (χ0v) is 16.2. The van der Waals surface area contributed by atoms with E-state index in [0.29, 0.717) is 27.2 Å². The first-order valence-corrected chi connectivity index (χ1v) is 9.03. The van der Waals surface area contributed by atoms with Gasteiger partial charge in [0.05, 0.1) is 33.2 Å². The van der Waals surface area contributed by atoms with Crippen molar-refractivity contribution in [1.29, 1.82) is 0 Å². The Morgan fingerprint density at radius 1 is 1.14 bits per heavy atom. The van der Waals surface area contributed by atoms with Crippen molar-refractivity contribution < 1.29 is 14.3 Å². The van der Waals surface area contributed by atoms with E-state index in [9.17, 15) is 14.4 Å². The van der Waals surface area contributed by atoms with Crippen LogP contribution in [0.5, 0.6) is 0 Å². The van der Waals surface area contributed by atoms with E-state index < -0.39 is 18.0 Å². The molecule has 3 aromatic rings. The molecule has 0 bridgehead atoms. The zero-order valence-electron chi connectivity index (χ0n) is 14.7. The number of aromatic nitrogens is 2. The quantitative estimate of drug-likeness (QED) is 0.617. The molecule has 28 heavy (non-hydrogen) atoms. The van der Waals surface area contributed by atoms with Crippen LogP contribution >= 0.6 is 23.2 Å². The Morgan fingerprint density at radius 3 is 2.61 bits per heavy atom. The number of benzene rings is 2. The monoisotopic (exact) mass is 419 g/mol. The topological polar surface area (TPSA) is 101 Å². The lowest BCUT2D eigenvalue weighted by molar-refractivity contribution is -0.152. The molecule has 1 atom stereocenters. The fourth-order valence-corrected chi connectivity index (χ4v) is 2.92. The predicted octanol–water partition coefficient (Wildman–Crippen LogP) is 3.34. The first kappa shape index (κ1) is 19.9. The van der Waals surface area contributed by atoms with E-state index in [1.807, 2.05) is 0 Å². The molecule has 1 amide bonds. The van der Waals surface area contributed by atoms with Crippen LogP contribution in [-0.2, 0) is 20.7 Å². The molecule has 0 unspecified atom stereocenters. The third-order valence-electron chi connectivity index (χ3n) is 3.97. The average molecular weight is 420 g/mol. The number of carbonyl (C=O) groups is 2. The maximum Gasteiger partial charge on any atom is 0.312 e. The predicted molar refractivity (Wildman–Crippen MR) is 107 cm³/mol. The van der Waals surface area contributed by atoms with Gasteiger partial charge in [-0.15, -0.1) is 0 Å². The highest BCUT2D eigenvalue weighted by atomic mass is 35.5. The van der Waals surface area contributed by atoms with Gasteiger partial charge in [-0.25, -0.2) is 5.10 Å². The number of H-pyrrole nitrogens is 1. The van der Waals surface area contributed by atoms with E-state index in [4.69, 9.17) is 27.9 Å². The van der Waals surface area contributed by atoms with Gasteiger partial charge in [0.15, 0.2) is 6.10 Å². The molecule has 1 aromatic heterocycles. The van der Waals surface area contributed by atoms with Gasteiger partial charge in [0.2, 0.25) is 0 Å². The number of rotatable bonds is 5. The Labute approximate surface area is 169 Å². The minimum absolute atomic E-state index is 0.194. The summed E-state index contributed by atoms with van der Waals surface area (Å²) >= 11 is 11.9. The van der Waals surface area contributed by atoms with Gasteiger partial charge in [-0.1, -0.05) is 47.5 Å². The summed E-state index contributed by atoms with van der Waals surface area (Å²) in [5.41, 5.74) is 0.319. The van der Waals surface area contributed by atoms with Gasteiger partial charge in [-0.2, -0.15) is 5.10 Å². The number of esters is 1. The fourth-order valence-electron chi connectivity index (χ4n) is 2.57. The van der Waals surface area contributed by atoms with Crippen LogP contribution in [0.4, 0.5) is 5.69 Å². The Morgan fingerprint density at radius 2 is 1.86 bits per heavy atom. The summed E-state index contributed by atoms with van der Waals surface area (Å²) in [5.74, 6) is -1.22. The number of hydrogen-bond acceptors (Lipinski definition) is 5. The molecule has 7 nitrogen and oxygen atoms in total. The lowest BCUT2D eigenvalue weighted by Gasteiger charge is -2.14. The summed E-state index contributed by atoms with van der Waals surface area (Å²) in [4.78, 5) is 36.3. The van der Waals surface area contributed by atoms with E-state index in [-0.39, 0.29) is 17.0 Å². The minimum atomic E-state index is -1.07. The van der Waals surface area contributed by atoms with Crippen molar-refractivity contribution in [2.45, 2.75) is 19.4 Å². The molecule has 0 aliphatic carbocycles. The fraction of sp³-hybridized carbons (Fsp3) is 0.158. The number of fused-ring (bicyclic) bond motifs is 1. The van der Waals surface area contributed by atoms with Crippen LogP contribution in [-0.4, -0.2) is 28.2 Å². The summed E-state index contributed by atoms with van der Waals surface area (Å²) in [5, 5.41) is 10.3. The number of nitrogens with zero attached hydrogens (tertiary/aromatic N) is 1. The van der Waals surface area contributed by atoms with E-state index in [0.717, 1.165) is 0 Å². The molecule has 0 aliphatic rings. The highest BCUT2D eigenvalue weighted by molar-refractivity contribution is 6.44. The van der Waals surface area contributed by atoms with Crippen molar-refractivity contribution in [1.82, 2.24) is 10.2 Å². The second kappa shape index (κ2) is 8.41. The van der Waals surface area contributed by atoms with Gasteiger partial charge < -0.3 is 10.1 Å². The second-order valence-corrected chi connectivity index (χ2v) is 6.73. The smallest absolute Gasteiger partial charge is 0.312 e. The van der Waals surface area contributed by atoms with Gasteiger partial charge in [-0.3, -0.25) is 14.4 Å². The van der Waals surface area contributed by atoms with Crippen LogP contribution in [0.15, 0.2) is 47.3 Å². The molecule has 0 radical (unpaired) electrons. The first-order valence-electron chi connectivity index (χ1n) is 8.27. The SMILES string of the molecule is C[C@H](OC(=O)Cc1n[nH]c(=O)c2ccccc12)C(=O)Nc1cccc(Cl)c1Cl. The molecular weight excluding hydrogens is 405 g/mol. The molecule has 144 valence electrons. The van der Waals surface area contributed by atoms with Crippen LogP contribution in [0.2, 0.25) is 10.0 Å². The van der Waals surface area contributed by atoms with E-state index >= 15 is 0 Å². The summed E-state index contributed by atoms with van der Waals surface area (Å²) in [6.07, 6.45) is -1.27. The third kappa shape index (κ3) is 4.32. The van der Waals surface area contributed by atoms with Crippen molar-refractivity contribution >= 4 is 51.5 Å². The highest BCUT2D eigenvalue weighted by Gasteiger charge is 2.20. The third-order valence-corrected chi connectivity index (χ3v) is 4.79. The van der Waals surface area contributed by atoms with Gasteiger partial charge in [0.25, 0.3) is 11.5 Å². The van der Waals surface area contributed by atoms with Gasteiger partial charge in [-0.05, 0) is 25.1 Å². The first-order chi connectivity index (χ1) is 13.4. The van der Waals surface area contributed by atoms with E-state index in [2.05, 4.69) is 15.5 Å². The lowest BCUT2D eigenvalue weighted by atomic mass is 10.1. The van der Waals surface area contributed by atoms with Gasteiger partial charge in [0.1, 0.15) is 0 Å². The maximum atomic E-state index is 12.3. The molecular formula is C19H15Cl2N3O4. The minimum Gasteiger partial charge on any atom is -0.452 e. The van der Waals surface area contributed by atoms with Crippen molar-refractivity contribution in [3.05, 3.63) is 68.6 Å². The number of aromatic amines is 1. The van der Waals surface area contributed by atoms with E-state index in [1.54, 1.807) is 42.5 Å². The van der Waals surface area contributed by atoms with Crippen LogP contribution in [0.3, 0.4) is 0 Å². The van der Waals surface area contributed by atoms with Crippen molar-refractivity contribution in [3.63, 3.8) is 0 Å². The molecule has 0 fully saturated rings. The van der Waals surface area contributed by atoms with Crippen LogP contribution in [0, 0.1) is 0 Å². The molecule has 0 saturated heterocycles. The molecule has 0 spiro atoms.